The minimum Gasteiger partial charge on any atom is -0.463 e. The molecule has 113 heavy (non-hydrogen) atoms. The van der Waals surface area contributed by atoms with Crippen LogP contribution in [0.4, 0.5) is 0 Å². The predicted octanol–water partition coefficient (Wildman–Crippen LogP) is 1.90. The Bertz CT molecular complexity index is 2680. The molecule has 0 aliphatic heterocycles. The molecule has 636 valence electrons. The van der Waals surface area contributed by atoms with Gasteiger partial charge in [0.25, 0.3) is 0 Å². The summed E-state index contributed by atoms with van der Waals surface area (Å²) in [6, 6.07) is 0. The van der Waals surface area contributed by atoms with Crippen molar-refractivity contribution in [1.29, 1.82) is 0 Å². The molecule has 0 bridgehead atoms. The number of ether oxygens (including phenoxy) is 14. The molecule has 0 unspecified atom stereocenters. The van der Waals surface area contributed by atoms with Crippen molar-refractivity contribution in [3.8, 4) is 74.1 Å². The molecule has 0 heterocycles. The van der Waals surface area contributed by atoms with Gasteiger partial charge in [-0.3, -0.25) is 47.9 Å². The molecule has 0 radical (unpaired) electrons. The van der Waals surface area contributed by atoms with Gasteiger partial charge in [-0.2, -0.15) is 0 Å². The van der Waals surface area contributed by atoms with Crippen LogP contribution in [0.15, 0.2) is 0 Å². The maximum Gasteiger partial charge on any atom is 0.302 e. The summed E-state index contributed by atoms with van der Waals surface area (Å²) in [5, 5.41) is 19.7. The van der Waals surface area contributed by atoms with Crippen LogP contribution in [0.2, 0.25) is 0 Å². The van der Waals surface area contributed by atoms with E-state index < -0.39 is 11.1 Å². The number of hydrogen-bond acceptors (Lipinski definition) is 25. The molecule has 0 aromatic heterocycles. The molecule has 0 aromatic carbocycles. The van der Waals surface area contributed by atoms with E-state index in [1.807, 2.05) is 0 Å². The summed E-state index contributed by atoms with van der Waals surface area (Å²) in [5.74, 6) is 11.5. The Morgan fingerprint density at radius 1 is 0.327 bits per heavy atom. The summed E-state index contributed by atoms with van der Waals surface area (Å²) in [6.07, 6.45) is 37.4. The van der Waals surface area contributed by atoms with Gasteiger partial charge in [0.1, 0.15) is 51.8 Å². The maximum atomic E-state index is 13.9. The number of amides is 7. The minimum atomic E-state index is -1.09. The first kappa shape index (κ1) is 105. The molecule has 0 aromatic rings. The molecule has 2 rings (SSSR count). The molecule has 2 aliphatic rings. The Morgan fingerprint density at radius 3 is 0.752 bits per heavy atom. The fourth-order valence-electron chi connectivity index (χ4n) is 11.0. The number of carbonyl (C=O) groups excluding carboxylic acids is 10. The van der Waals surface area contributed by atoms with Crippen molar-refractivity contribution in [1.82, 2.24) is 37.2 Å². The van der Waals surface area contributed by atoms with Gasteiger partial charge in [-0.15, -0.1) is 38.5 Å². The van der Waals surface area contributed by atoms with E-state index in [2.05, 4.69) is 72.7 Å². The number of rotatable bonds is 65. The third-order valence-corrected chi connectivity index (χ3v) is 17.2. The van der Waals surface area contributed by atoms with Crippen LogP contribution in [-0.4, -0.2) is 280 Å². The van der Waals surface area contributed by atoms with Crippen molar-refractivity contribution >= 4 is 70.1 Å². The quantitative estimate of drug-likeness (QED) is 0.0186. The average Bonchev–Trinajstić information content (AvgIpc) is 0.831. The Morgan fingerprint density at radius 2 is 0.540 bits per heavy atom. The highest BCUT2D eigenvalue weighted by Crippen LogP contribution is 2.32. The van der Waals surface area contributed by atoms with Crippen LogP contribution in [0.25, 0.3) is 0 Å². The average molecular weight is 1620 g/mol. The second-order valence-electron chi connectivity index (χ2n) is 25.9. The summed E-state index contributed by atoms with van der Waals surface area (Å²) >= 11 is 5.36. The molecule has 7 amide bonds. The summed E-state index contributed by atoms with van der Waals surface area (Å²) in [6.45, 7) is 11.6. The predicted molar refractivity (Wildman–Crippen MR) is 420 cm³/mol. The van der Waals surface area contributed by atoms with Crippen LogP contribution in [0, 0.1) is 85.9 Å². The first-order chi connectivity index (χ1) is 54.6. The zero-order valence-corrected chi connectivity index (χ0v) is 67.1. The SMILES string of the molecule is C#CCOCCOCCNC(=O)CCC(CCC(=O)NCCOCCOCC#C)(CCC(=O)NCCOCCOCC#C)NC(=O)C1CCC(OC(C)=O)CC1.C#CCOCCOCCNC(=O)CCC(N)(CCC(=O)NCCOCCOCC#C)CCC(=O)NCCOCCOCC#C.CC(=O)OC1CCC(C(=O)Cl)CC1. The summed E-state index contributed by atoms with van der Waals surface area (Å²) in [4.78, 5) is 123. The van der Waals surface area contributed by atoms with Crippen molar-refractivity contribution in [2.75, 3.05) is 198 Å². The molecular formula is C80H125ClN8O24. The van der Waals surface area contributed by atoms with Crippen molar-refractivity contribution in [2.24, 2.45) is 17.6 Å². The highest BCUT2D eigenvalue weighted by Gasteiger charge is 2.37. The number of nitrogens with two attached hydrogens (primary N) is 1. The van der Waals surface area contributed by atoms with Crippen molar-refractivity contribution in [3.05, 3.63) is 0 Å². The van der Waals surface area contributed by atoms with Crippen LogP contribution in [-0.2, 0) is 114 Å². The monoisotopic (exact) mass is 1620 g/mol. The first-order valence-corrected chi connectivity index (χ1v) is 38.8. The molecule has 2 aliphatic carbocycles. The lowest BCUT2D eigenvalue weighted by Crippen LogP contribution is -2.52. The standard InChI is InChI=1S/C40H62N4O12.C31H50N4O9.C9H13ClO3/c1-5-21-50-27-30-53-24-18-41-36(46)12-15-40(16-13-37(47)42-19-25-54-31-28-51-22-6-2,17-14-38(48)43-20-26-55-32-29-52-23-7-3)44-39(49)34-8-10-35(11-9-34)56-33(4)45;1-4-16-39-22-25-42-19-13-33-28(36)7-10-31(32,11-8-29(37)34-14-20-43-26-23-40-17-5-2)12-9-30(38)35-15-21-44-27-24-41-18-6-3;1-6(11)13-8-4-2-7(3-5-8)9(10)12/h1-3,34-35H,8-32H2,4H3,(H,41,46)(H,42,47)(H,43,48)(H,44,49);1-3H,7-27,32H2,(H,33,36)(H,34,37)(H,35,38);7-8H,2-5H2,1H3. The number of halogens is 1. The topological polar surface area (TPSA) is 410 Å². The van der Waals surface area contributed by atoms with Gasteiger partial charge in [-0.25, -0.2) is 0 Å². The van der Waals surface area contributed by atoms with Gasteiger partial charge in [0, 0.05) is 115 Å². The smallest absolute Gasteiger partial charge is 0.302 e. The van der Waals surface area contributed by atoms with Crippen LogP contribution in [0.5, 0.6) is 0 Å². The number of nitrogens with one attached hydrogen (secondary N) is 7. The van der Waals surface area contributed by atoms with E-state index in [4.69, 9.17) is 122 Å². The fraction of sp³-hybridized carbons (Fsp3) is 0.725. The van der Waals surface area contributed by atoms with E-state index in [1.165, 1.54) is 13.8 Å². The van der Waals surface area contributed by atoms with Crippen LogP contribution in [0.3, 0.4) is 0 Å². The summed E-state index contributed by atoms with van der Waals surface area (Å²) in [5.41, 5.74) is 4.65. The van der Waals surface area contributed by atoms with E-state index in [1.54, 1.807) is 0 Å². The zero-order valence-electron chi connectivity index (χ0n) is 66.4. The molecular weight excluding hydrogens is 1490 g/mol. The van der Waals surface area contributed by atoms with E-state index in [0.717, 1.165) is 25.7 Å². The van der Waals surface area contributed by atoms with Gasteiger partial charge in [0.2, 0.25) is 46.6 Å². The van der Waals surface area contributed by atoms with E-state index in [0.29, 0.717) is 164 Å². The van der Waals surface area contributed by atoms with Gasteiger partial charge >= 0.3 is 11.9 Å². The van der Waals surface area contributed by atoms with E-state index in [-0.39, 0.29) is 219 Å². The molecule has 33 heteroatoms. The lowest BCUT2D eigenvalue weighted by atomic mass is 9.81. The minimum absolute atomic E-state index is 0.00948. The Hall–Kier alpha value is -7.97. The molecule has 0 saturated heterocycles. The maximum absolute atomic E-state index is 13.9. The lowest BCUT2D eigenvalue weighted by Gasteiger charge is -2.37. The molecule has 0 atom stereocenters. The second-order valence-corrected chi connectivity index (χ2v) is 26.3. The van der Waals surface area contributed by atoms with Crippen LogP contribution >= 0.6 is 11.6 Å². The Kier molecular flexibility index (Phi) is 67.8. The largest absolute Gasteiger partial charge is 0.463 e. The normalized spacial score (nSPS) is 14.9. The van der Waals surface area contributed by atoms with Gasteiger partial charge in [0.15, 0.2) is 0 Å². The third-order valence-electron chi connectivity index (χ3n) is 16.9. The molecule has 0 spiro atoms. The van der Waals surface area contributed by atoms with Crippen molar-refractivity contribution in [3.63, 3.8) is 0 Å². The lowest BCUT2D eigenvalue weighted by molar-refractivity contribution is -0.149. The Labute approximate surface area is 673 Å². The van der Waals surface area contributed by atoms with Crippen molar-refractivity contribution in [2.45, 2.75) is 166 Å². The summed E-state index contributed by atoms with van der Waals surface area (Å²) < 4.78 is 73.8. The number of hydrogen-bond donors (Lipinski definition) is 8. The molecule has 2 saturated carbocycles. The van der Waals surface area contributed by atoms with Gasteiger partial charge in [0.05, 0.1) is 119 Å². The fourth-order valence-corrected chi connectivity index (χ4v) is 11.2. The zero-order chi connectivity index (χ0) is 83.5. The summed E-state index contributed by atoms with van der Waals surface area (Å²) in [7, 11) is 0. The highest BCUT2D eigenvalue weighted by molar-refractivity contribution is 6.64. The highest BCUT2D eigenvalue weighted by atomic mass is 35.5. The second kappa shape index (κ2) is 73.0. The Balaban J connectivity index is 0.00000194. The van der Waals surface area contributed by atoms with E-state index in [9.17, 15) is 47.9 Å². The van der Waals surface area contributed by atoms with Gasteiger partial charge in [-0.1, -0.05) is 35.5 Å². The number of esters is 2. The first-order valence-electron chi connectivity index (χ1n) is 38.4. The van der Waals surface area contributed by atoms with Crippen LogP contribution in [0.1, 0.15) is 142 Å². The molecule has 2 fully saturated rings. The van der Waals surface area contributed by atoms with Gasteiger partial charge < -0.3 is 109 Å². The van der Waals surface area contributed by atoms with Crippen molar-refractivity contribution < 1.29 is 114 Å². The third kappa shape index (κ3) is 65.0. The molecule has 9 N–H and O–H groups in total. The van der Waals surface area contributed by atoms with E-state index >= 15 is 0 Å². The van der Waals surface area contributed by atoms with Crippen LogP contribution < -0.4 is 43.0 Å². The molecule has 32 nitrogen and oxygen atoms in total. The number of carbonyl (C=O) groups is 10. The van der Waals surface area contributed by atoms with Gasteiger partial charge in [-0.05, 0) is 101 Å². The number of terminal acetylenes is 6.